The van der Waals surface area contributed by atoms with Crippen LogP contribution >= 0.6 is 0 Å². The third kappa shape index (κ3) is 4.65. The number of amides is 1. The van der Waals surface area contributed by atoms with Gasteiger partial charge in [0.2, 0.25) is 0 Å². The first-order chi connectivity index (χ1) is 15.1. The Morgan fingerprint density at radius 2 is 2.06 bits per heavy atom. The zero-order valence-corrected chi connectivity index (χ0v) is 18.3. The van der Waals surface area contributed by atoms with Gasteiger partial charge in [0.05, 0.1) is 23.1 Å². The van der Waals surface area contributed by atoms with Crippen molar-refractivity contribution in [2.24, 2.45) is 10.1 Å². The van der Waals surface area contributed by atoms with Crippen LogP contribution < -0.4 is 15.8 Å². The molecule has 166 valence electrons. The van der Waals surface area contributed by atoms with Crippen molar-refractivity contribution in [1.82, 2.24) is 10.3 Å². The number of aromatic nitrogens is 1. The summed E-state index contributed by atoms with van der Waals surface area (Å²) in [6.07, 6.45) is 3.09. The first-order valence-electron chi connectivity index (χ1n) is 9.79. The number of amidine groups is 1. The summed E-state index contributed by atoms with van der Waals surface area (Å²) in [6, 6.07) is 11.8. The summed E-state index contributed by atoms with van der Waals surface area (Å²) in [4.78, 5) is 17.0. The van der Waals surface area contributed by atoms with Gasteiger partial charge in [0.15, 0.2) is 5.76 Å². The van der Waals surface area contributed by atoms with Crippen LogP contribution in [0.15, 0.2) is 63.7 Å². The van der Waals surface area contributed by atoms with E-state index in [1.54, 1.807) is 54.9 Å². The lowest BCUT2D eigenvalue weighted by atomic mass is 10.0. The third-order valence-corrected chi connectivity index (χ3v) is 5.93. The quantitative estimate of drug-likeness (QED) is 0.584. The maximum absolute atomic E-state index is 12.8. The molecule has 2 aromatic heterocycles. The molecule has 3 heterocycles. The van der Waals surface area contributed by atoms with E-state index in [0.717, 1.165) is 0 Å². The molecule has 0 unspecified atom stereocenters. The summed E-state index contributed by atoms with van der Waals surface area (Å²) in [5, 5.41) is 2.94. The molecule has 0 saturated carbocycles. The fourth-order valence-electron chi connectivity index (χ4n) is 3.34. The topological polar surface area (TPSA) is 137 Å². The normalized spacial score (nSPS) is 14.9. The van der Waals surface area contributed by atoms with Crippen LogP contribution in [0.3, 0.4) is 0 Å². The number of carbonyl (C=O) groups excluding carboxylic acids is 1. The zero-order valence-electron chi connectivity index (χ0n) is 17.5. The number of nitrogens with one attached hydrogen (secondary N) is 1. The molecule has 1 aliphatic rings. The fourth-order valence-corrected chi connectivity index (χ4v) is 4.43. The second kappa shape index (κ2) is 8.12. The van der Waals surface area contributed by atoms with Crippen LogP contribution in [-0.2, 0) is 15.8 Å². The van der Waals surface area contributed by atoms with Crippen molar-refractivity contribution >= 4 is 21.8 Å². The van der Waals surface area contributed by atoms with E-state index in [4.69, 9.17) is 14.9 Å². The number of fused-ring (bicyclic) bond motifs is 1. The highest BCUT2D eigenvalue weighted by Crippen LogP contribution is 2.28. The van der Waals surface area contributed by atoms with E-state index in [1.807, 2.05) is 13.8 Å². The van der Waals surface area contributed by atoms with E-state index in [0.29, 0.717) is 33.9 Å². The van der Waals surface area contributed by atoms with Gasteiger partial charge in [-0.1, -0.05) is 12.1 Å². The highest BCUT2D eigenvalue weighted by atomic mass is 32.2. The molecule has 10 heteroatoms. The maximum Gasteiger partial charge on any atom is 0.259 e. The Kier molecular flexibility index (Phi) is 5.47. The average molecular weight is 455 g/mol. The van der Waals surface area contributed by atoms with E-state index in [-0.39, 0.29) is 24.1 Å². The summed E-state index contributed by atoms with van der Waals surface area (Å²) in [5.41, 5.74) is 7.10. The van der Waals surface area contributed by atoms with Crippen LogP contribution in [-0.4, -0.2) is 37.3 Å². The molecule has 3 aromatic rings. The summed E-state index contributed by atoms with van der Waals surface area (Å²) in [6.45, 7) is 3.75. The largest absolute Gasteiger partial charge is 0.490 e. The van der Waals surface area contributed by atoms with Gasteiger partial charge in [0.25, 0.3) is 15.9 Å². The van der Waals surface area contributed by atoms with E-state index in [9.17, 15) is 13.2 Å². The lowest BCUT2D eigenvalue weighted by Gasteiger charge is -2.27. The molecule has 32 heavy (non-hydrogen) atoms. The molecule has 0 aliphatic carbocycles. The molecule has 9 nitrogen and oxygen atoms in total. The first-order valence-corrected chi connectivity index (χ1v) is 11.4. The van der Waals surface area contributed by atoms with Crippen LogP contribution in [0.5, 0.6) is 5.75 Å². The molecule has 4 rings (SSSR count). The van der Waals surface area contributed by atoms with Crippen LogP contribution in [0.25, 0.3) is 11.5 Å². The Balaban J connectivity index is 1.47. The lowest BCUT2D eigenvalue weighted by Crippen LogP contribution is -2.48. The van der Waals surface area contributed by atoms with Gasteiger partial charge in [-0.15, -0.1) is 4.40 Å². The molecule has 0 spiro atoms. The number of nitrogens with zero attached hydrogens (tertiary/aromatic N) is 2. The van der Waals surface area contributed by atoms with Gasteiger partial charge in [0.1, 0.15) is 23.9 Å². The minimum Gasteiger partial charge on any atom is -0.490 e. The number of benzene rings is 1. The molecule has 0 fully saturated rings. The molecule has 0 atom stereocenters. The highest BCUT2D eigenvalue weighted by molar-refractivity contribution is 7.89. The van der Waals surface area contributed by atoms with Crippen molar-refractivity contribution in [2.75, 3.05) is 6.61 Å². The van der Waals surface area contributed by atoms with Crippen molar-refractivity contribution in [2.45, 2.75) is 25.1 Å². The van der Waals surface area contributed by atoms with Crippen LogP contribution in [0.4, 0.5) is 0 Å². The number of rotatable bonds is 6. The van der Waals surface area contributed by atoms with E-state index in [2.05, 4.69) is 14.7 Å². The smallest absolute Gasteiger partial charge is 0.259 e. The second-order valence-corrected chi connectivity index (χ2v) is 9.66. The van der Waals surface area contributed by atoms with Gasteiger partial charge in [-0.25, -0.2) is 8.42 Å². The predicted molar refractivity (Wildman–Crippen MR) is 119 cm³/mol. The number of hydrogen-bond acceptors (Lipinski definition) is 7. The maximum atomic E-state index is 12.8. The molecule has 1 amide bonds. The van der Waals surface area contributed by atoms with Crippen molar-refractivity contribution < 1.29 is 22.4 Å². The second-order valence-electron chi connectivity index (χ2n) is 8.03. The average Bonchev–Trinajstić information content (AvgIpc) is 3.26. The van der Waals surface area contributed by atoms with Gasteiger partial charge in [-0.2, -0.15) is 0 Å². The number of sulfonamides is 1. The molecule has 3 N–H and O–H groups in total. The number of ether oxygens (including phenoxy) is 1. The number of furan rings is 1. The Morgan fingerprint density at radius 3 is 2.81 bits per heavy atom. The Bertz CT molecular complexity index is 1300. The van der Waals surface area contributed by atoms with Gasteiger partial charge in [0, 0.05) is 11.8 Å². The van der Waals surface area contributed by atoms with Crippen LogP contribution in [0.2, 0.25) is 0 Å². The van der Waals surface area contributed by atoms with Crippen molar-refractivity contribution in [3.05, 3.63) is 71.6 Å². The monoisotopic (exact) mass is 454 g/mol. The van der Waals surface area contributed by atoms with E-state index < -0.39 is 15.6 Å². The number of hydrogen-bond donors (Lipinski definition) is 2. The van der Waals surface area contributed by atoms with Crippen LogP contribution in [0.1, 0.15) is 35.3 Å². The number of carbonyl (C=O) groups is 1. The molecular formula is C22H22N4O5S. The number of nitrogens with two attached hydrogens (primary N) is 1. The van der Waals surface area contributed by atoms with Gasteiger partial charge in [-0.05, 0) is 49.7 Å². The minimum atomic E-state index is -3.63. The standard InChI is InChI=1S/C22H22N4O5S/c1-22(2,25-21(27)14-8-9-24-16(11-14)17-7-4-10-30-17)13-31-18-6-3-5-15-12-32(28,29)26-20(23)19(15)18/h3-11H,12-13H2,1-2H3,(H2,23,26)(H,25,27). The summed E-state index contributed by atoms with van der Waals surface area (Å²) in [5.74, 6) is 0.338. The van der Waals surface area contributed by atoms with Crippen molar-refractivity contribution in [1.29, 1.82) is 0 Å². The van der Waals surface area contributed by atoms with E-state index >= 15 is 0 Å². The molecule has 1 aliphatic heterocycles. The zero-order chi connectivity index (χ0) is 22.9. The summed E-state index contributed by atoms with van der Waals surface area (Å²) < 4.78 is 38.5. The SMILES string of the molecule is CC(C)(COc1cccc2c1C(N)=NS(=O)(=O)C2)NC(=O)c1ccnc(-c2ccco2)c1. The number of pyridine rings is 1. The minimum absolute atomic E-state index is 0.106. The summed E-state index contributed by atoms with van der Waals surface area (Å²) in [7, 11) is -3.63. The van der Waals surface area contributed by atoms with Crippen molar-refractivity contribution in [3.63, 3.8) is 0 Å². The summed E-state index contributed by atoms with van der Waals surface area (Å²) >= 11 is 0. The molecular weight excluding hydrogens is 432 g/mol. The van der Waals surface area contributed by atoms with Gasteiger partial charge >= 0.3 is 0 Å². The third-order valence-electron chi connectivity index (χ3n) is 4.78. The molecule has 1 aromatic carbocycles. The highest BCUT2D eigenvalue weighted by Gasteiger charge is 2.27. The Hall–Kier alpha value is -3.66. The van der Waals surface area contributed by atoms with E-state index in [1.165, 1.54) is 0 Å². The Morgan fingerprint density at radius 1 is 1.25 bits per heavy atom. The molecule has 0 bridgehead atoms. The first kappa shape index (κ1) is 21.6. The van der Waals surface area contributed by atoms with Crippen LogP contribution in [0, 0.1) is 0 Å². The van der Waals surface area contributed by atoms with Gasteiger partial charge in [-0.3, -0.25) is 9.78 Å². The lowest BCUT2D eigenvalue weighted by molar-refractivity contribution is 0.0880. The van der Waals surface area contributed by atoms with Crippen molar-refractivity contribution in [3.8, 4) is 17.2 Å². The Labute approximate surface area is 185 Å². The molecule has 0 radical (unpaired) electrons. The van der Waals surface area contributed by atoms with Gasteiger partial charge < -0.3 is 20.2 Å². The molecule has 0 saturated heterocycles. The predicted octanol–water partition coefficient (Wildman–Crippen LogP) is 2.48. The fraction of sp³-hybridized carbons (Fsp3) is 0.227.